The molecule has 0 bridgehead atoms. The molecule has 1 aromatic heterocycles. The number of nitrogens with zero attached hydrogens (tertiary/aromatic N) is 2. The van der Waals surface area contributed by atoms with E-state index in [1.165, 1.54) is 49.7 Å². The van der Waals surface area contributed by atoms with Crippen LogP contribution in [0.3, 0.4) is 0 Å². The molecule has 38 heavy (non-hydrogen) atoms. The van der Waals surface area contributed by atoms with Gasteiger partial charge in [0.1, 0.15) is 0 Å². The summed E-state index contributed by atoms with van der Waals surface area (Å²) in [5, 5.41) is 0.584. The first-order valence-electron chi connectivity index (χ1n) is 14.2. The first-order chi connectivity index (χ1) is 18.6. The van der Waals surface area contributed by atoms with Crippen molar-refractivity contribution in [2.24, 2.45) is 0 Å². The zero-order valence-corrected chi connectivity index (χ0v) is 22.4. The maximum Gasteiger partial charge on any atom is 0.262 e. The summed E-state index contributed by atoms with van der Waals surface area (Å²) in [7, 11) is 0. The number of anilines is 1. The number of rotatable bonds is 11. The Bertz CT molecular complexity index is 1400. The predicted octanol–water partition coefficient (Wildman–Crippen LogP) is 7.47. The molecular formula is C33H39N3O2. The van der Waals surface area contributed by atoms with E-state index in [2.05, 4.69) is 48.3 Å². The van der Waals surface area contributed by atoms with Crippen molar-refractivity contribution in [3.63, 3.8) is 0 Å². The smallest absolute Gasteiger partial charge is 0.262 e. The quantitative estimate of drug-likeness (QED) is 0.213. The summed E-state index contributed by atoms with van der Waals surface area (Å²) in [6.45, 7) is 2.67. The van der Waals surface area contributed by atoms with Gasteiger partial charge in [0.15, 0.2) is 0 Å². The van der Waals surface area contributed by atoms with Gasteiger partial charge in [0.2, 0.25) is 5.95 Å². The SMILES string of the molecule is CCCCCCCCc1ccc(-c2ccc3c(=O)n(C[C@@H]4CC[C@H](c5ccccc5)O4)c(N)nc3c2)cc1. The van der Waals surface area contributed by atoms with Crippen LogP contribution < -0.4 is 11.3 Å². The van der Waals surface area contributed by atoms with Crippen molar-refractivity contribution in [2.75, 3.05) is 5.73 Å². The molecule has 1 saturated heterocycles. The second-order valence-electron chi connectivity index (χ2n) is 10.6. The van der Waals surface area contributed by atoms with Gasteiger partial charge in [-0.05, 0) is 60.1 Å². The summed E-state index contributed by atoms with van der Waals surface area (Å²) >= 11 is 0. The van der Waals surface area contributed by atoms with Gasteiger partial charge in [-0.1, -0.05) is 99.7 Å². The van der Waals surface area contributed by atoms with Crippen LogP contribution in [-0.4, -0.2) is 15.7 Å². The monoisotopic (exact) mass is 509 g/mol. The lowest BCUT2D eigenvalue weighted by atomic mass is 10.00. The maximum atomic E-state index is 13.4. The van der Waals surface area contributed by atoms with E-state index in [1.54, 1.807) is 4.57 Å². The Balaban J connectivity index is 1.25. The molecule has 0 unspecified atom stereocenters. The van der Waals surface area contributed by atoms with Crippen molar-refractivity contribution in [1.82, 2.24) is 9.55 Å². The molecule has 1 aliphatic heterocycles. The Kier molecular flexibility index (Phi) is 8.54. The molecule has 2 heterocycles. The molecular weight excluding hydrogens is 470 g/mol. The van der Waals surface area contributed by atoms with Gasteiger partial charge in [0, 0.05) is 0 Å². The fraction of sp³-hybridized carbons (Fsp3) is 0.394. The standard InChI is InChI=1S/C33H39N3O2/c1-2-3-4-5-6-8-11-24-14-16-25(17-15-24)27-18-20-29-30(22-27)35-33(34)36(32(29)37)23-28-19-21-31(38-28)26-12-9-7-10-13-26/h7,9-10,12-18,20,22,28,31H,2-6,8,11,19,21,23H2,1H3,(H2,34,35)/t28-,31+/m0/s1. The molecule has 5 rings (SSSR count). The van der Waals surface area contributed by atoms with Crippen LogP contribution in [0.5, 0.6) is 0 Å². The lowest BCUT2D eigenvalue weighted by Crippen LogP contribution is -2.29. The third kappa shape index (κ3) is 6.16. The number of aromatic nitrogens is 2. The largest absolute Gasteiger partial charge is 0.369 e. The van der Waals surface area contributed by atoms with E-state index < -0.39 is 0 Å². The molecule has 0 spiro atoms. The van der Waals surface area contributed by atoms with Crippen molar-refractivity contribution in [3.8, 4) is 11.1 Å². The maximum absolute atomic E-state index is 13.4. The lowest BCUT2D eigenvalue weighted by molar-refractivity contribution is 0.0348. The number of fused-ring (bicyclic) bond motifs is 1. The molecule has 198 valence electrons. The Morgan fingerprint density at radius 2 is 1.63 bits per heavy atom. The highest BCUT2D eigenvalue weighted by Gasteiger charge is 2.27. The van der Waals surface area contributed by atoms with Crippen molar-refractivity contribution < 1.29 is 4.74 Å². The molecule has 5 nitrogen and oxygen atoms in total. The van der Waals surface area contributed by atoms with E-state index >= 15 is 0 Å². The van der Waals surface area contributed by atoms with Crippen LogP contribution in [0.15, 0.2) is 77.6 Å². The Morgan fingerprint density at radius 3 is 2.42 bits per heavy atom. The van der Waals surface area contributed by atoms with Crippen molar-refractivity contribution in [3.05, 3.63) is 94.3 Å². The van der Waals surface area contributed by atoms with Crippen LogP contribution in [0.25, 0.3) is 22.0 Å². The fourth-order valence-corrected chi connectivity index (χ4v) is 5.52. The first kappa shape index (κ1) is 26.2. The summed E-state index contributed by atoms with van der Waals surface area (Å²) in [5.41, 5.74) is 11.5. The Morgan fingerprint density at radius 1 is 0.895 bits per heavy atom. The van der Waals surface area contributed by atoms with Gasteiger partial charge in [0.25, 0.3) is 5.56 Å². The normalized spacial score (nSPS) is 17.3. The minimum absolute atomic E-state index is 0.0614. The average Bonchev–Trinajstić information content (AvgIpc) is 3.42. The highest BCUT2D eigenvalue weighted by molar-refractivity contribution is 5.84. The number of hydrogen-bond donors (Lipinski definition) is 1. The number of unbranched alkanes of at least 4 members (excludes halogenated alkanes) is 5. The number of nitrogen functional groups attached to an aromatic ring is 1. The van der Waals surface area contributed by atoms with Crippen LogP contribution in [0.1, 0.15) is 75.5 Å². The molecule has 0 amide bonds. The molecule has 2 N–H and O–H groups in total. The second-order valence-corrected chi connectivity index (χ2v) is 10.6. The Hall–Kier alpha value is -3.44. The molecule has 5 heteroatoms. The highest BCUT2D eigenvalue weighted by Crippen LogP contribution is 2.33. The van der Waals surface area contributed by atoms with Crippen LogP contribution in [0.4, 0.5) is 5.95 Å². The van der Waals surface area contributed by atoms with Crippen LogP contribution in [0.2, 0.25) is 0 Å². The third-order valence-corrected chi connectivity index (χ3v) is 7.76. The van der Waals surface area contributed by atoms with Gasteiger partial charge in [-0.15, -0.1) is 0 Å². The van der Waals surface area contributed by atoms with Crippen LogP contribution in [-0.2, 0) is 17.7 Å². The molecule has 4 aromatic rings. The zero-order valence-electron chi connectivity index (χ0n) is 22.4. The van der Waals surface area contributed by atoms with E-state index in [0.29, 0.717) is 17.4 Å². The summed E-state index contributed by atoms with van der Waals surface area (Å²) in [4.78, 5) is 18.0. The van der Waals surface area contributed by atoms with Crippen molar-refractivity contribution in [1.29, 1.82) is 0 Å². The number of aryl methyl sites for hydroxylation is 1. The summed E-state index contributed by atoms with van der Waals surface area (Å²) in [6.07, 6.45) is 10.8. The third-order valence-electron chi connectivity index (χ3n) is 7.76. The second kappa shape index (κ2) is 12.4. The molecule has 0 saturated carbocycles. The van der Waals surface area contributed by atoms with Gasteiger partial charge >= 0.3 is 0 Å². The fourth-order valence-electron chi connectivity index (χ4n) is 5.52. The zero-order chi connectivity index (χ0) is 26.3. The van der Waals surface area contributed by atoms with Crippen LogP contribution >= 0.6 is 0 Å². The number of ether oxygens (including phenoxy) is 1. The Labute approximate surface area is 225 Å². The van der Waals surface area contributed by atoms with E-state index in [1.807, 2.05) is 36.4 Å². The van der Waals surface area contributed by atoms with E-state index in [0.717, 1.165) is 30.4 Å². The topological polar surface area (TPSA) is 70.1 Å². The van der Waals surface area contributed by atoms with E-state index in [4.69, 9.17) is 10.5 Å². The number of nitrogens with two attached hydrogens (primary N) is 1. The first-order valence-corrected chi connectivity index (χ1v) is 14.2. The van der Waals surface area contributed by atoms with Crippen molar-refractivity contribution in [2.45, 2.75) is 83.5 Å². The average molecular weight is 510 g/mol. The number of benzene rings is 3. The summed E-state index contributed by atoms with van der Waals surface area (Å²) < 4.78 is 7.83. The van der Waals surface area contributed by atoms with Crippen molar-refractivity contribution >= 4 is 16.9 Å². The molecule has 0 radical (unpaired) electrons. The van der Waals surface area contributed by atoms with Gasteiger partial charge in [-0.25, -0.2) is 4.98 Å². The van der Waals surface area contributed by atoms with Crippen LogP contribution in [0, 0.1) is 0 Å². The molecule has 2 atom stereocenters. The van der Waals surface area contributed by atoms with E-state index in [9.17, 15) is 4.79 Å². The molecule has 0 aliphatic carbocycles. The highest BCUT2D eigenvalue weighted by atomic mass is 16.5. The minimum atomic E-state index is -0.111. The van der Waals surface area contributed by atoms with Gasteiger partial charge in [-0.2, -0.15) is 0 Å². The van der Waals surface area contributed by atoms with Gasteiger partial charge in [-0.3, -0.25) is 9.36 Å². The lowest BCUT2D eigenvalue weighted by Gasteiger charge is -2.17. The van der Waals surface area contributed by atoms with E-state index in [-0.39, 0.29) is 23.7 Å². The van der Waals surface area contributed by atoms with Gasteiger partial charge < -0.3 is 10.5 Å². The number of hydrogen-bond acceptors (Lipinski definition) is 4. The molecule has 1 aliphatic rings. The molecule has 1 fully saturated rings. The minimum Gasteiger partial charge on any atom is -0.369 e. The predicted molar refractivity (Wildman–Crippen MR) is 156 cm³/mol. The molecule has 3 aromatic carbocycles. The van der Waals surface area contributed by atoms with Gasteiger partial charge in [0.05, 0.1) is 29.7 Å². The summed E-state index contributed by atoms with van der Waals surface area (Å²) in [5.74, 6) is 0.237. The summed E-state index contributed by atoms with van der Waals surface area (Å²) in [6, 6.07) is 24.9.